The van der Waals surface area contributed by atoms with E-state index in [4.69, 9.17) is 19.6 Å². The van der Waals surface area contributed by atoms with Gasteiger partial charge in [0, 0.05) is 49.3 Å². The van der Waals surface area contributed by atoms with Gasteiger partial charge in [0.25, 0.3) is 0 Å². The number of hydrogen-bond acceptors (Lipinski definition) is 6. The number of piperidine rings is 1. The van der Waals surface area contributed by atoms with E-state index in [0.717, 1.165) is 41.7 Å². The first-order chi connectivity index (χ1) is 15.8. The van der Waals surface area contributed by atoms with Crippen LogP contribution in [0.2, 0.25) is 0 Å². The highest BCUT2D eigenvalue weighted by atomic mass is 16.6. The first kappa shape index (κ1) is 22.6. The fourth-order valence-electron chi connectivity index (χ4n) is 3.97. The standard InChI is InChI=1S/C25H29N5O3/c1-5-20-22(18-8-6-7-17(15-18)16-26)28-30-14-11-21(27-23(20)30)32-19-9-12-29(13-10-19)24(31)33-25(2,3)4/h6-8,11,14-15,19H,5,9-10,12-13H2,1-4H3. The Kier molecular flexibility index (Phi) is 6.23. The molecule has 1 saturated heterocycles. The van der Waals surface area contributed by atoms with Crippen molar-refractivity contribution < 1.29 is 14.3 Å². The van der Waals surface area contributed by atoms with E-state index in [9.17, 15) is 10.1 Å². The second kappa shape index (κ2) is 9.10. The molecule has 1 fully saturated rings. The molecule has 0 saturated carbocycles. The summed E-state index contributed by atoms with van der Waals surface area (Å²) in [5, 5.41) is 13.9. The third-order valence-electron chi connectivity index (χ3n) is 5.55. The summed E-state index contributed by atoms with van der Waals surface area (Å²) in [4.78, 5) is 18.7. The molecule has 3 heterocycles. The van der Waals surface area contributed by atoms with Crippen LogP contribution >= 0.6 is 0 Å². The minimum absolute atomic E-state index is 0.0154. The Hall–Kier alpha value is -3.60. The number of hydrogen-bond donors (Lipinski definition) is 0. The average Bonchev–Trinajstić information content (AvgIpc) is 3.16. The SMILES string of the molecule is CCc1c(-c2cccc(C#N)c2)nn2ccc(OC3CCN(C(=O)OC(C)(C)C)CC3)nc12. The molecule has 8 heteroatoms. The molecule has 1 aromatic carbocycles. The third kappa shape index (κ3) is 5.08. The lowest BCUT2D eigenvalue weighted by atomic mass is 10.0. The van der Waals surface area contributed by atoms with E-state index in [1.807, 2.05) is 51.2 Å². The predicted molar refractivity (Wildman–Crippen MR) is 124 cm³/mol. The van der Waals surface area contributed by atoms with Gasteiger partial charge < -0.3 is 14.4 Å². The Bertz CT molecular complexity index is 1200. The Labute approximate surface area is 193 Å². The molecule has 0 atom stereocenters. The minimum Gasteiger partial charge on any atom is -0.474 e. The highest BCUT2D eigenvalue weighted by Crippen LogP contribution is 2.28. The Morgan fingerprint density at radius 1 is 1.24 bits per heavy atom. The highest BCUT2D eigenvalue weighted by Gasteiger charge is 2.28. The zero-order valence-corrected chi connectivity index (χ0v) is 19.5. The van der Waals surface area contributed by atoms with Gasteiger partial charge in [-0.1, -0.05) is 19.1 Å². The van der Waals surface area contributed by atoms with Gasteiger partial charge in [0.1, 0.15) is 11.7 Å². The number of likely N-dealkylation sites (tertiary alicyclic amines) is 1. The monoisotopic (exact) mass is 447 g/mol. The summed E-state index contributed by atoms with van der Waals surface area (Å²) in [6.07, 6.45) is 3.75. The van der Waals surface area contributed by atoms with Crippen LogP contribution in [0.3, 0.4) is 0 Å². The summed E-state index contributed by atoms with van der Waals surface area (Å²) in [5.41, 5.74) is 3.58. The number of carbonyl (C=O) groups excluding carboxylic acids is 1. The zero-order valence-electron chi connectivity index (χ0n) is 19.5. The summed E-state index contributed by atoms with van der Waals surface area (Å²) in [5.74, 6) is 0.546. The van der Waals surface area contributed by atoms with Gasteiger partial charge in [-0.2, -0.15) is 15.3 Å². The first-order valence-electron chi connectivity index (χ1n) is 11.3. The Balaban J connectivity index is 1.49. The molecule has 0 unspecified atom stereocenters. The molecule has 0 bridgehead atoms. The lowest BCUT2D eigenvalue weighted by Crippen LogP contribution is -2.44. The lowest BCUT2D eigenvalue weighted by molar-refractivity contribution is 0.0123. The van der Waals surface area contributed by atoms with Crippen LogP contribution in [0.25, 0.3) is 16.9 Å². The van der Waals surface area contributed by atoms with Crippen molar-refractivity contribution in [2.45, 2.75) is 58.7 Å². The van der Waals surface area contributed by atoms with Gasteiger partial charge in [0.15, 0.2) is 5.65 Å². The van der Waals surface area contributed by atoms with E-state index in [1.54, 1.807) is 15.5 Å². The molecule has 2 aromatic heterocycles. The van der Waals surface area contributed by atoms with Crippen LogP contribution in [0.4, 0.5) is 4.79 Å². The van der Waals surface area contributed by atoms with Gasteiger partial charge >= 0.3 is 6.09 Å². The lowest BCUT2D eigenvalue weighted by Gasteiger charge is -2.33. The molecule has 0 radical (unpaired) electrons. The summed E-state index contributed by atoms with van der Waals surface area (Å²) in [6, 6.07) is 11.4. The highest BCUT2D eigenvalue weighted by molar-refractivity contribution is 5.72. The van der Waals surface area contributed by atoms with E-state index in [-0.39, 0.29) is 12.2 Å². The van der Waals surface area contributed by atoms with Crippen molar-refractivity contribution in [2.24, 2.45) is 0 Å². The molecule has 0 N–H and O–H groups in total. The maximum absolute atomic E-state index is 12.3. The van der Waals surface area contributed by atoms with E-state index in [1.165, 1.54) is 0 Å². The van der Waals surface area contributed by atoms with Crippen LogP contribution in [-0.4, -0.2) is 50.4 Å². The fraction of sp³-hybridized carbons (Fsp3) is 0.440. The van der Waals surface area contributed by atoms with Crippen LogP contribution in [0.5, 0.6) is 5.88 Å². The van der Waals surface area contributed by atoms with E-state index >= 15 is 0 Å². The summed E-state index contributed by atoms with van der Waals surface area (Å²) in [6.45, 7) is 8.86. The second-order valence-corrected chi connectivity index (χ2v) is 9.19. The fourth-order valence-corrected chi connectivity index (χ4v) is 3.97. The number of fused-ring (bicyclic) bond motifs is 1. The molecule has 33 heavy (non-hydrogen) atoms. The smallest absolute Gasteiger partial charge is 0.410 e. The van der Waals surface area contributed by atoms with Gasteiger partial charge in [-0.05, 0) is 39.3 Å². The number of nitriles is 1. The predicted octanol–water partition coefficient (Wildman–Crippen LogP) is 4.61. The van der Waals surface area contributed by atoms with Crippen LogP contribution in [-0.2, 0) is 11.2 Å². The van der Waals surface area contributed by atoms with Crippen LogP contribution in [0.1, 0.15) is 51.7 Å². The third-order valence-corrected chi connectivity index (χ3v) is 5.55. The second-order valence-electron chi connectivity index (χ2n) is 9.19. The van der Waals surface area contributed by atoms with Gasteiger partial charge in [-0.25, -0.2) is 9.31 Å². The Morgan fingerprint density at radius 3 is 2.67 bits per heavy atom. The van der Waals surface area contributed by atoms with Crippen LogP contribution in [0.15, 0.2) is 36.5 Å². The van der Waals surface area contributed by atoms with Gasteiger partial charge in [0.2, 0.25) is 5.88 Å². The zero-order chi connectivity index (χ0) is 23.6. The topological polar surface area (TPSA) is 92.8 Å². The van der Waals surface area contributed by atoms with E-state index in [0.29, 0.717) is 24.5 Å². The van der Waals surface area contributed by atoms with Crippen molar-refractivity contribution in [3.05, 3.63) is 47.7 Å². The number of amides is 1. The largest absolute Gasteiger partial charge is 0.474 e. The molecule has 0 aliphatic carbocycles. The number of aromatic nitrogens is 3. The first-order valence-corrected chi connectivity index (χ1v) is 11.3. The van der Waals surface area contributed by atoms with E-state index < -0.39 is 5.60 Å². The quantitative estimate of drug-likeness (QED) is 0.580. The van der Waals surface area contributed by atoms with Crippen molar-refractivity contribution in [1.29, 1.82) is 5.26 Å². The summed E-state index contributed by atoms with van der Waals surface area (Å²) in [7, 11) is 0. The van der Waals surface area contributed by atoms with Crippen molar-refractivity contribution in [2.75, 3.05) is 13.1 Å². The summed E-state index contributed by atoms with van der Waals surface area (Å²) >= 11 is 0. The van der Waals surface area contributed by atoms with Crippen LogP contribution < -0.4 is 4.74 Å². The molecular formula is C25H29N5O3. The minimum atomic E-state index is -0.499. The number of nitrogens with zero attached hydrogens (tertiary/aromatic N) is 5. The molecule has 3 aromatic rings. The Morgan fingerprint density at radius 2 is 2.00 bits per heavy atom. The number of benzene rings is 1. The van der Waals surface area contributed by atoms with Crippen molar-refractivity contribution >= 4 is 11.7 Å². The van der Waals surface area contributed by atoms with E-state index in [2.05, 4.69) is 13.0 Å². The average molecular weight is 448 g/mol. The summed E-state index contributed by atoms with van der Waals surface area (Å²) < 4.78 is 13.4. The maximum Gasteiger partial charge on any atom is 0.410 e. The molecule has 1 aliphatic rings. The number of ether oxygens (including phenoxy) is 2. The molecule has 1 aliphatic heterocycles. The normalized spacial score (nSPS) is 14.8. The number of rotatable bonds is 4. The molecule has 1 amide bonds. The maximum atomic E-state index is 12.3. The van der Waals surface area contributed by atoms with Gasteiger partial charge in [-0.3, -0.25) is 0 Å². The number of aryl methyl sites for hydroxylation is 1. The molecular weight excluding hydrogens is 418 g/mol. The molecule has 172 valence electrons. The van der Waals surface area contributed by atoms with Crippen LogP contribution in [0, 0.1) is 11.3 Å². The molecule has 0 spiro atoms. The van der Waals surface area contributed by atoms with Gasteiger partial charge in [0.05, 0.1) is 17.3 Å². The van der Waals surface area contributed by atoms with Crippen molar-refractivity contribution in [1.82, 2.24) is 19.5 Å². The van der Waals surface area contributed by atoms with Gasteiger partial charge in [-0.15, -0.1) is 0 Å². The van der Waals surface area contributed by atoms with Crippen molar-refractivity contribution in [3.63, 3.8) is 0 Å². The van der Waals surface area contributed by atoms with Crippen molar-refractivity contribution in [3.8, 4) is 23.2 Å². The number of carbonyl (C=O) groups is 1. The molecule has 4 rings (SSSR count). The molecule has 8 nitrogen and oxygen atoms in total.